The summed E-state index contributed by atoms with van der Waals surface area (Å²) in [6.45, 7) is 0. The number of benzene rings is 3. The van der Waals surface area contributed by atoms with Crippen LogP contribution in [0.2, 0.25) is 4.82 Å². The Bertz CT molecular complexity index is 1230. The predicted octanol–water partition coefficient (Wildman–Crippen LogP) is 3.64. The number of nitrogens with one attached hydrogen (secondary N) is 1. The number of methoxy groups -OCH3 is 1. The van der Waals surface area contributed by atoms with Crippen molar-refractivity contribution in [2.75, 3.05) is 7.11 Å². The minimum Gasteiger partial charge on any atom is -0.269 e. The first-order chi connectivity index (χ1) is 17.5. The fourth-order valence-corrected chi connectivity index (χ4v) is 6.20. The second kappa shape index (κ2) is 12.3. The molecule has 1 aliphatic carbocycles. The van der Waals surface area contributed by atoms with Gasteiger partial charge >= 0.3 is 169 Å². The summed E-state index contributed by atoms with van der Waals surface area (Å²) in [4.78, 5) is 37.8. The van der Waals surface area contributed by atoms with Gasteiger partial charge in [0.1, 0.15) is 0 Å². The predicted molar refractivity (Wildman–Crippen MR) is 138 cm³/mol. The number of hydrogen-bond donors (Lipinski definition) is 1. The monoisotopic (exact) mass is 549 g/mol. The van der Waals surface area contributed by atoms with Crippen molar-refractivity contribution in [1.29, 1.82) is 0 Å². The van der Waals surface area contributed by atoms with Gasteiger partial charge in [-0.3, -0.25) is 4.79 Å². The van der Waals surface area contributed by atoms with E-state index in [9.17, 15) is 14.4 Å². The van der Waals surface area contributed by atoms with Crippen molar-refractivity contribution in [3.63, 3.8) is 0 Å². The molecule has 1 amide bonds. The van der Waals surface area contributed by atoms with Crippen molar-refractivity contribution in [1.82, 2.24) is 5.32 Å². The number of rotatable bonds is 9. The molecule has 0 aromatic heterocycles. The Labute approximate surface area is 216 Å². The van der Waals surface area contributed by atoms with E-state index in [2.05, 4.69) is 17.4 Å². The molecule has 3 aromatic carbocycles. The van der Waals surface area contributed by atoms with Gasteiger partial charge in [0.2, 0.25) is 0 Å². The average Bonchev–Trinajstić information content (AvgIpc) is 2.92. The molecule has 0 bridgehead atoms. The van der Waals surface area contributed by atoms with E-state index in [0.29, 0.717) is 17.1 Å². The number of amides is 1. The second-order valence-electron chi connectivity index (χ2n) is 8.29. The summed E-state index contributed by atoms with van der Waals surface area (Å²) in [7, 11) is 1.29. The number of hydrogen-bond acceptors (Lipinski definition) is 5. The van der Waals surface area contributed by atoms with Crippen molar-refractivity contribution in [3.8, 4) is 5.75 Å². The summed E-state index contributed by atoms with van der Waals surface area (Å²) in [5.41, 5.74) is 1.29. The number of esters is 1. The second-order valence-corrected chi connectivity index (χ2v) is 11.0. The van der Waals surface area contributed by atoms with Crippen LogP contribution in [0.15, 0.2) is 96.8 Å². The van der Waals surface area contributed by atoms with Gasteiger partial charge in [-0.25, -0.2) is 0 Å². The van der Waals surface area contributed by atoms with Gasteiger partial charge in [-0.1, -0.05) is 18.2 Å². The third-order valence-corrected chi connectivity index (χ3v) is 8.42. The molecule has 0 heterocycles. The molecule has 1 N–H and O–H groups in total. The smallest absolute Gasteiger partial charge is 0.269 e. The fraction of sp³-hybridized carbons (Fsp3) is 0.207. The molecule has 184 valence electrons. The Morgan fingerprint density at radius 3 is 2.31 bits per heavy atom. The van der Waals surface area contributed by atoms with Crippen LogP contribution < -0.4 is 14.5 Å². The van der Waals surface area contributed by atoms with Gasteiger partial charge in [-0.2, -0.15) is 0 Å². The van der Waals surface area contributed by atoms with Gasteiger partial charge in [0.05, 0.1) is 7.11 Å². The molecule has 0 radical (unpaired) electrons. The van der Waals surface area contributed by atoms with Crippen molar-refractivity contribution in [2.45, 2.75) is 30.1 Å². The molecule has 0 spiro atoms. The van der Waals surface area contributed by atoms with Crippen LogP contribution >= 0.6 is 0 Å². The molecular weight excluding hydrogens is 521 g/mol. The molecule has 7 heteroatoms. The molecule has 0 aliphatic heterocycles. The SMILES string of the molecule is COC(=O)[C@H](Cc1ccc(OC2=CCCC([Se]c3ccccc3)C2=O)cc1)NC(=O)c1ccccc1. The van der Waals surface area contributed by atoms with Crippen LogP contribution in [0.5, 0.6) is 5.75 Å². The van der Waals surface area contributed by atoms with Crippen LogP contribution in [0.25, 0.3) is 0 Å². The number of allylic oxidation sites excluding steroid dienone is 2. The maximum absolute atomic E-state index is 13.0. The Morgan fingerprint density at radius 1 is 0.972 bits per heavy atom. The first-order valence-corrected chi connectivity index (χ1v) is 13.5. The van der Waals surface area contributed by atoms with Crippen LogP contribution in [0, 0.1) is 0 Å². The fourth-order valence-electron chi connectivity index (χ4n) is 3.85. The Morgan fingerprint density at radius 2 is 1.64 bits per heavy atom. The Kier molecular flexibility index (Phi) is 8.71. The maximum atomic E-state index is 13.0. The van der Waals surface area contributed by atoms with E-state index in [1.165, 1.54) is 11.6 Å². The van der Waals surface area contributed by atoms with Crippen molar-refractivity contribution >= 4 is 37.1 Å². The molecule has 2 atom stereocenters. The molecule has 0 saturated carbocycles. The average molecular weight is 548 g/mol. The van der Waals surface area contributed by atoms with E-state index in [4.69, 9.17) is 9.47 Å². The minimum atomic E-state index is -0.835. The van der Waals surface area contributed by atoms with Gasteiger partial charge in [0, 0.05) is 5.56 Å². The molecule has 1 aliphatic rings. The van der Waals surface area contributed by atoms with Gasteiger partial charge < -0.3 is 0 Å². The summed E-state index contributed by atoms with van der Waals surface area (Å²) < 4.78 is 12.0. The number of ether oxygens (including phenoxy) is 2. The van der Waals surface area contributed by atoms with Crippen LogP contribution in [0.4, 0.5) is 0 Å². The summed E-state index contributed by atoms with van der Waals surface area (Å²) in [6, 6.07) is 25.1. The summed E-state index contributed by atoms with van der Waals surface area (Å²) >= 11 is 0.0537. The normalized spacial score (nSPS) is 16.0. The van der Waals surface area contributed by atoms with Crippen LogP contribution in [-0.2, 0) is 20.7 Å². The number of ketones is 1. The minimum absolute atomic E-state index is 0.0341. The Hall–Kier alpha value is -3.67. The summed E-state index contributed by atoms with van der Waals surface area (Å²) in [5, 5.41) is 2.75. The van der Waals surface area contributed by atoms with E-state index in [1.54, 1.807) is 36.4 Å². The van der Waals surface area contributed by atoms with Crippen LogP contribution in [0.1, 0.15) is 28.8 Å². The van der Waals surface area contributed by atoms with Gasteiger partial charge in [0.25, 0.3) is 0 Å². The molecule has 0 fully saturated rings. The van der Waals surface area contributed by atoms with E-state index >= 15 is 0 Å². The third kappa shape index (κ3) is 6.72. The summed E-state index contributed by atoms with van der Waals surface area (Å²) in [5.74, 6) is 0.112. The van der Waals surface area contributed by atoms with Crippen molar-refractivity contribution < 1.29 is 23.9 Å². The molecule has 36 heavy (non-hydrogen) atoms. The topological polar surface area (TPSA) is 81.7 Å². The van der Waals surface area contributed by atoms with Gasteiger partial charge in [-0.05, 0) is 12.1 Å². The number of carbonyl (C=O) groups excluding carboxylic acids is 3. The summed E-state index contributed by atoms with van der Waals surface area (Å²) in [6.07, 6.45) is 3.76. The van der Waals surface area contributed by atoms with E-state index < -0.39 is 12.0 Å². The van der Waals surface area contributed by atoms with Crippen molar-refractivity contribution in [3.05, 3.63) is 108 Å². The number of Topliss-reactive ketones (excluding diaryl/α,β-unsaturated/α-hetero) is 1. The van der Waals surface area contributed by atoms with E-state index in [-0.39, 0.29) is 37.9 Å². The molecule has 6 nitrogen and oxygen atoms in total. The Balaban J connectivity index is 1.38. The zero-order valence-corrected chi connectivity index (χ0v) is 21.6. The third-order valence-electron chi connectivity index (χ3n) is 5.73. The molecule has 4 rings (SSSR count). The molecule has 3 aromatic rings. The van der Waals surface area contributed by atoms with Gasteiger partial charge in [0.15, 0.2) is 0 Å². The van der Waals surface area contributed by atoms with Crippen molar-refractivity contribution in [2.24, 2.45) is 0 Å². The van der Waals surface area contributed by atoms with E-state index in [1.807, 2.05) is 42.5 Å². The van der Waals surface area contributed by atoms with Gasteiger partial charge in [-0.15, -0.1) is 0 Å². The number of carbonyl (C=O) groups is 3. The quantitative estimate of drug-likeness (QED) is 0.326. The zero-order chi connectivity index (χ0) is 25.3. The molecular formula is C29H27NO5Se. The van der Waals surface area contributed by atoms with E-state index in [0.717, 1.165) is 18.4 Å². The molecule has 0 saturated heterocycles. The van der Waals surface area contributed by atoms with Crippen LogP contribution in [0.3, 0.4) is 0 Å². The first kappa shape index (κ1) is 25.4. The molecule has 1 unspecified atom stereocenters. The standard InChI is InChI=1S/C29H27NO5Se/c1-34-29(33)24(30-28(32)21-9-4-2-5-10-21)19-20-15-17-22(18-16-20)35-25-13-8-14-26(27(25)31)36-23-11-6-3-7-12-23/h2-7,9-13,15-18,24,26H,8,14,19H2,1H3,(H,30,32)/t24-,26?/m0/s1. The zero-order valence-electron chi connectivity index (χ0n) is 19.9. The van der Waals surface area contributed by atoms with Crippen LogP contribution in [-0.4, -0.2) is 45.8 Å². The first-order valence-electron chi connectivity index (χ1n) is 11.7.